The van der Waals surface area contributed by atoms with Crippen LogP contribution in [0.5, 0.6) is 0 Å². The van der Waals surface area contributed by atoms with E-state index < -0.39 is 0 Å². The van der Waals surface area contributed by atoms with E-state index in [0.29, 0.717) is 0 Å². The van der Waals surface area contributed by atoms with Crippen LogP contribution in [0.1, 0.15) is 33.7 Å². The highest BCUT2D eigenvalue weighted by Crippen LogP contribution is 2.52. The molecule has 0 radical (unpaired) electrons. The van der Waals surface area contributed by atoms with Crippen LogP contribution >= 0.6 is 0 Å². The molecule has 190 valence electrons. The van der Waals surface area contributed by atoms with Crippen molar-refractivity contribution in [2.45, 2.75) is 32.1 Å². The van der Waals surface area contributed by atoms with Crippen molar-refractivity contribution in [3.05, 3.63) is 132 Å². The van der Waals surface area contributed by atoms with Crippen LogP contribution in [0.4, 0.5) is 11.4 Å². The molecule has 2 heterocycles. The molecule has 2 aliphatic rings. The molecule has 2 heteroatoms. The quantitative estimate of drug-likeness (QED) is 0.248. The molecule has 6 aromatic rings. The smallest absolute Gasteiger partial charge is 0.0502 e. The first-order chi connectivity index (χ1) is 19.1. The van der Waals surface area contributed by atoms with Gasteiger partial charge in [0.15, 0.2) is 0 Å². The molecule has 0 bridgehead atoms. The van der Waals surface area contributed by atoms with Gasteiger partial charge in [0.25, 0.3) is 0 Å². The van der Waals surface area contributed by atoms with Gasteiger partial charge in [-0.25, -0.2) is 0 Å². The van der Waals surface area contributed by atoms with E-state index in [-0.39, 0.29) is 6.84 Å². The number of allylic oxidation sites excluding steroid dienone is 3. The van der Waals surface area contributed by atoms with Crippen LogP contribution in [0, 0.1) is 0 Å². The monoisotopic (exact) mass is 504 g/mol. The third-order valence-corrected chi connectivity index (χ3v) is 8.79. The summed E-state index contributed by atoms with van der Waals surface area (Å²) in [5.41, 5.74) is 11.4. The highest BCUT2D eigenvalue weighted by molar-refractivity contribution is 6.20. The largest absolute Gasteiger partial charge is 0.354 e. The topological polar surface area (TPSA) is 19.0 Å². The van der Waals surface area contributed by atoms with Crippen LogP contribution < -0.4 is 4.90 Å². The lowest BCUT2D eigenvalue weighted by molar-refractivity contribution is 0.603. The van der Waals surface area contributed by atoms with Crippen molar-refractivity contribution in [3.63, 3.8) is 0 Å². The molecule has 0 unspecified atom stereocenters. The Morgan fingerprint density at radius 2 is 1.44 bits per heavy atom. The first kappa shape index (κ1) is 22.4. The minimum atomic E-state index is -0.0794. The summed E-state index contributed by atoms with van der Waals surface area (Å²) in [6.07, 6.45) is 7.08. The molecule has 1 aromatic heterocycles. The average Bonchev–Trinajstić information content (AvgIpc) is 3.36. The van der Waals surface area contributed by atoms with Crippen molar-refractivity contribution < 1.29 is 1.43 Å². The van der Waals surface area contributed by atoms with Gasteiger partial charge in [0.2, 0.25) is 0 Å². The maximum atomic E-state index is 3.65. The van der Waals surface area contributed by atoms with E-state index in [1.165, 1.54) is 71.9 Å². The fourth-order valence-corrected chi connectivity index (χ4v) is 6.84. The number of nitrogens with one attached hydrogen (secondary N) is 1. The zero-order chi connectivity index (χ0) is 26.1. The fraction of sp³-hybridized carbons (Fsp3) is 0.135. The Balaban J connectivity index is 0.00000264. The van der Waals surface area contributed by atoms with Crippen molar-refractivity contribution in [3.8, 4) is 11.1 Å². The van der Waals surface area contributed by atoms with E-state index in [9.17, 15) is 0 Å². The van der Waals surface area contributed by atoms with E-state index in [2.05, 4.69) is 139 Å². The summed E-state index contributed by atoms with van der Waals surface area (Å²) in [4.78, 5) is 6.11. The van der Waals surface area contributed by atoms with Crippen LogP contribution in [-0.2, 0) is 5.41 Å². The number of hydrogen-bond acceptors (Lipinski definition) is 1. The van der Waals surface area contributed by atoms with Crippen molar-refractivity contribution >= 4 is 44.0 Å². The lowest BCUT2D eigenvalue weighted by Crippen LogP contribution is -2.36. The summed E-state index contributed by atoms with van der Waals surface area (Å²) in [6.45, 7) is 4.77. The molecule has 39 heavy (non-hydrogen) atoms. The first-order valence-electron chi connectivity index (χ1n) is 13.9. The van der Waals surface area contributed by atoms with Crippen LogP contribution in [0.15, 0.2) is 127 Å². The summed E-state index contributed by atoms with van der Waals surface area (Å²) in [5.74, 6) is 0. The maximum absolute atomic E-state index is 3.65. The Bertz CT molecular complexity index is 1990. The Morgan fingerprint density at radius 3 is 2.33 bits per heavy atom. The fourth-order valence-electron chi connectivity index (χ4n) is 6.84. The van der Waals surface area contributed by atoms with E-state index in [1.807, 2.05) is 0 Å². The SMILES string of the molecule is CC1(C)C2=CCCC=C2N(c2ccccc2)c2ccc(-c3ccc4[nH]c5ccc6ccccc6c5c4c3)cc21.[HH]. The maximum Gasteiger partial charge on any atom is 0.0502 e. The summed E-state index contributed by atoms with van der Waals surface area (Å²) < 4.78 is 0. The van der Waals surface area contributed by atoms with E-state index in [1.54, 1.807) is 0 Å². The highest BCUT2D eigenvalue weighted by atomic mass is 15.2. The third kappa shape index (κ3) is 3.28. The summed E-state index contributed by atoms with van der Waals surface area (Å²) in [7, 11) is 0. The molecule has 0 saturated heterocycles. The number of rotatable bonds is 2. The van der Waals surface area contributed by atoms with Gasteiger partial charge < -0.3 is 9.88 Å². The molecule has 0 spiro atoms. The van der Waals surface area contributed by atoms with Gasteiger partial charge in [-0.1, -0.05) is 86.7 Å². The molecule has 8 rings (SSSR count). The van der Waals surface area contributed by atoms with Gasteiger partial charge in [0.1, 0.15) is 0 Å². The summed E-state index contributed by atoms with van der Waals surface area (Å²) in [5, 5.41) is 5.16. The number of H-pyrrole nitrogens is 1. The van der Waals surface area contributed by atoms with Crippen molar-refractivity contribution in [1.82, 2.24) is 4.98 Å². The number of anilines is 2. The lowest BCUT2D eigenvalue weighted by atomic mass is 9.70. The molecule has 5 aromatic carbocycles. The van der Waals surface area contributed by atoms with Gasteiger partial charge in [-0.05, 0) is 88.3 Å². The predicted octanol–water partition coefficient (Wildman–Crippen LogP) is 10.4. The number of para-hydroxylation sites is 1. The Hall–Kier alpha value is -4.56. The zero-order valence-corrected chi connectivity index (χ0v) is 22.3. The minimum Gasteiger partial charge on any atom is -0.354 e. The number of aromatic nitrogens is 1. The molecule has 2 nitrogen and oxygen atoms in total. The third-order valence-electron chi connectivity index (χ3n) is 8.79. The standard InChI is InChI=1S/C37H30N2.H2/c1-37(2)30-14-8-9-15-34(30)39(27-11-4-3-5-12-27)35-21-18-26(23-31(35)37)25-17-19-32-29(22-25)36-28-13-7-6-10-24(28)16-20-33(36)38-32;/h3-7,10-23,38H,8-9H2,1-2H3;1H. The number of hydrogen-bond donors (Lipinski definition) is 1. The Morgan fingerprint density at radius 1 is 0.692 bits per heavy atom. The minimum absolute atomic E-state index is 0. The Labute approximate surface area is 230 Å². The second-order valence-corrected chi connectivity index (χ2v) is 11.4. The van der Waals surface area contributed by atoms with Gasteiger partial charge in [0.05, 0.1) is 5.69 Å². The van der Waals surface area contributed by atoms with Crippen LogP contribution in [-0.4, -0.2) is 4.98 Å². The predicted molar refractivity (Wildman–Crippen MR) is 168 cm³/mol. The van der Waals surface area contributed by atoms with Crippen LogP contribution in [0.2, 0.25) is 0 Å². The normalized spacial score (nSPS) is 16.2. The second-order valence-electron chi connectivity index (χ2n) is 11.4. The summed E-state index contributed by atoms with van der Waals surface area (Å²) in [6, 6.07) is 37.9. The van der Waals surface area contributed by atoms with Crippen molar-refractivity contribution in [2.24, 2.45) is 0 Å². The summed E-state index contributed by atoms with van der Waals surface area (Å²) >= 11 is 0. The molecule has 1 aliphatic carbocycles. The molecule has 0 atom stereocenters. The Kier molecular flexibility index (Phi) is 4.73. The van der Waals surface area contributed by atoms with E-state index >= 15 is 0 Å². The van der Waals surface area contributed by atoms with Gasteiger partial charge in [-0.15, -0.1) is 0 Å². The molecule has 1 aliphatic heterocycles. The molecule has 0 fully saturated rings. The van der Waals surface area contributed by atoms with E-state index in [4.69, 9.17) is 0 Å². The number of fused-ring (bicyclic) bond motifs is 7. The van der Waals surface area contributed by atoms with Crippen molar-refractivity contribution in [1.29, 1.82) is 0 Å². The van der Waals surface area contributed by atoms with Crippen LogP contribution in [0.25, 0.3) is 43.7 Å². The molecule has 1 N–H and O–H groups in total. The van der Waals surface area contributed by atoms with E-state index in [0.717, 1.165) is 12.8 Å². The zero-order valence-electron chi connectivity index (χ0n) is 22.3. The van der Waals surface area contributed by atoms with Crippen LogP contribution in [0.3, 0.4) is 0 Å². The molecular formula is C37H32N2. The first-order valence-corrected chi connectivity index (χ1v) is 13.9. The molecule has 0 saturated carbocycles. The van der Waals surface area contributed by atoms with Crippen molar-refractivity contribution in [2.75, 3.05) is 4.90 Å². The van der Waals surface area contributed by atoms with Gasteiger partial charge >= 0.3 is 0 Å². The highest BCUT2D eigenvalue weighted by Gasteiger charge is 2.40. The molecule has 0 amide bonds. The second kappa shape index (κ2) is 8.22. The van der Waals surface area contributed by atoms with Gasteiger partial charge in [-0.2, -0.15) is 0 Å². The lowest BCUT2D eigenvalue weighted by Gasteiger charge is -2.45. The number of nitrogens with zero attached hydrogens (tertiary/aromatic N) is 1. The number of aromatic amines is 1. The van der Waals surface area contributed by atoms with Gasteiger partial charge in [0, 0.05) is 40.0 Å². The average molecular weight is 505 g/mol. The molecular weight excluding hydrogens is 472 g/mol. The number of benzene rings is 5. The van der Waals surface area contributed by atoms with Gasteiger partial charge in [-0.3, -0.25) is 0 Å².